The second-order valence-corrected chi connectivity index (χ2v) is 28.7. The van der Waals surface area contributed by atoms with Crippen LogP contribution >= 0.6 is 0 Å². The molecular formula is C87H81N3OPt. The van der Waals surface area contributed by atoms with E-state index < -0.39 is 70.6 Å². The number of ether oxygens (including phenoxy) is 1. The summed E-state index contributed by atoms with van der Waals surface area (Å²) in [5.74, 6) is 0.753. The summed E-state index contributed by atoms with van der Waals surface area (Å²) in [6.07, 6.45) is 1.98. The van der Waals surface area contributed by atoms with Crippen molar-refractivity contribution < 1.29 is 43.6 Å². The van der Waals surface area contributed by atoms with Crippen LogP contribution in [0.5, 0.6) is 11.5 Å². The van der Waals surface area contributed by atoms with Crippen LogP contribution in [0.4, 0.5) is 22.7 Å². The zero-order chi connectivity index (χ0) is 74.7. The minimum absolute atomic E-state index is 0. The van der Waals surface area contributed by atoms with Gasteiger partial charge in [-0.3, -0.25) is 0 Å². The molecule has 2 heterocycles. The molecule has 2 aliphatic rings. The van der Waals surface area contributed by atoms with Crippen LogP contribution in [-0.2, 0) is 48.1 Å². The largest absolute Gasteiger partial charge is 4.00 e. The van der Waals surface area contributed by atoms with Gasteiger partial charge in [-0.1, -0.05) is 258 Å². The Labute approximate surface area is 579 Å². The third kappa shape index (κ3) is 11.5. The smallest absolute Gasteiger partial charge is 0.509 e. The normalized spacial score (nSPS) is 16.5. The zero-order valence-electron chi connectivity index (χ0n) is 67.4. The van der Waals surface area contributed by atoms with E-state index in [1.54, 1.807) is 26.8 Å². The summed E-state index contributed by atoms with van der Waals surface area (Å²) in [4.78, 5) is 4.07. The van der Waals surface area contributed by atoms with E-state index in [2.05, 4.69) is 131 Å². The predicted molar refractivity (Wildman–Crippen MR) is 384 cm³/mol. The summed E-state index contributed by atoms with van der Waals surface area (Å²) in [7, 11) is 0. The molecule has 0 fully saturated rings. The number of anilines is 4. The molecule has 12 aromatic rings. The van der Waals surface area contributed by atoms with Crippen molar-refractivity contribution in [1.29, 1.82) is 0 Å². The van der Waals surface area contributed by atoms with Crippen molar-refractivity contribution in [2.75, 3.05) is 9.80 Å². The minimum atomic E-state index is -0.778. The molecule has 1 aromatic heterocycles. The Hall–Kier alpha value is -8.69. The van der Waals surface area contributed by atoms with E-state index in [0.29, 0.717) is 45.2 Å². The second-order valence-electron chi connectivity index (χ2n) is 28.7. The van der Waals surface area contributed by atoms with Crippen LogP contribution < -0.4 is 14.5 Å². The third-order valence-corrected chi connectivity index (χ3v) is 18.3. The van der Waals surface area contributed by atoms with Gasteiger partial charge >= 0.3 is 21.1 Å². The molecule has 0 N–H and O–H groups in total. The van der Waals surface area contributed by atoms with Gasteiger partial charge in [0.25, 0.3) is 0 Å². The van der Waals surface area contributed by atoms with Crippen LogP contribution in [0, 0.1) is 24.9 Å². The first-order valence-electron chi connectivity index (χ1n) is 37.9. The zero-order valence-corrected chi connectivity index (χ0v) is 56.7. The van der Waals surface area contributed by atoms with E-state index in [0.717, 1.165) is 73.9 Å². The summed E-state index contributed by atoms with van der Waals surface area (Å²) in [5.41, 5.74) is 11.1. The molecule has 0 saturated heterocycles. The van der Waals surface area contributed by atoms with Crippen molar-refractivity contribution in [1.82, 2.24) is 4.57 Å². The third-order valence-electron chi connectivity index (χ3n) is 18.3. The average Bonchev–Trinajstić information content (AvgIpc) is 1.70. The van der Waals surface area contributed by atoms with Crippen LogP contribution in [0.1, 0.15) is 148 Å². The SMILES string of the molecule is [2H]c1c([2H])c([2H])c(-c2c[c-]c(-n3c4[c-]c(Oc5[c-]c(N6[CH-]N(c7c(-c8ccc9c(c8)C(C)(C)CCC9(C)C)cc(C(C)(C)C)cc7-c7c([2H])c([2H])c(-c8c([2H])c([2H])c(C(C)(C)C)c([2H])c8[2H])c([2H])c7[2H])c7ccccc76)ccc5)ccc4c4cc(-c5ccccc5)ccc43)cc2C(C)(C)C)c([2H])c1[2H].[Pt+4]. The van der Waals surface area contributed by atoms with Crippen molar-refractivity contribution in [2.24, 2.45) is 0 Å². The fourth-order valence-electron chi connectivity index (χ4n) is 13.0. The van der Waals surface area contributed by atoms with E-state index in [9.17, 15) is 8.22 Å². The maximum Gasteiger partial charge on any atom is 4.00 e. The molecule has 1 aliphatic carbocycles. The molecule has 0 spiro atoms. The van der Waals surface area contributed by atoms with Crippen molar-refractivity contribution in [3.63, 3.8) is 0 Å². The number of fused-ring (bicyclic) bond motifs is 5. The molecule has 11 aromatic carbocycles. The maximum atomic E-state index is 10.1. The van der Waals surface area contributed by atoms with E-state index in [-0.39, 0.29) is 83.9 Å². The summed E-state index contributed by atoms with van der Waals surface area (Å²) in [6, 6.07) is 54.1. The van der Waals surface area contributed by atoms with Gasteiger partial charge in [0, 0.05) is 45.2 Å². The number of hydrogen-bond donors (Lipinski definition) is 0. The molecular weight excluding hydrogens is 1300 g/mol. The first-order chi connectivity index (χ1) is 48.9. The number of aromatic nitrogens is 1. The van der Waals surface area contributed by atoms with Gasteiger partial charge in [-0.25, -0.2) is 0 Å². The van der Waals surface area contributed by atoms with Gasteiger partial charge in [-0.2, -0.15) is 24.3 Å². The Morgan fingerprint density at radius 3 is 1.73 bits per heavy atom. The van der Waals surface area contributed by atoms with Crippen LogP contribution in [0.25, 0.3) is 83.1 Å². The van der Waals surface area contributed by atoms with Gasteiger partial charge in [-0.15, -0.1) is 65.3 Å². The Bertz CT molecular complexity index is 5500. The minimum Gasteiger partial charge on any atom is -0.509 e. The maximum absolute atomic E-state index is 10.1. The summed E-state index contributed by atoms with van der Waals surface area (Å²) in [5, 5.41) is 1.83. The van der Waals surface area contributed by atoms with Crippen molar-refractivity contribution in [3.8, 4) is 72.8 Å². The monoisotopic (exact) mass is 1390 g/mol. The molecule has 5 heteroatoms. The van der Waals surface area contributed by atoms with Crippen molar-refractivity contribution >= 4 is 44.6 Å². The Kier molecular flexibility index (Phi) is 12.3. The van der Waals surface area contributed by atoms with Crippen LogP contribution in [0.3, 0.4) is 0 Å². The van der Waals surface area contributed by atoms with Gasteiger partial charge in [0.2, 0.25) is 0 Å². The fraction of sp³-hybridized carbons (Fsp3) is 0.230. The van der Waals surface area contributed by atoms with Gasteiger partial charge in [0.1, 0.15) is 0 Å². The molecule has 1 aliphatic heterocycles. The average molecular weight is 1390 g/mol. The first kappa shape index (κ1) is 48.1. The topological polar surface area (TPSA) is 20.6 Å². The van der Waals surface area contributed by atoms with E-state index >= 15 is 0 Å². The Balaban J connectivity index is 0.00000978. The van der Waals surface area contributed by atoms with Gasteiger partial charge in [0.05, 0.1) is 17.8 Å². The fourth-order valence-corrected chi connectivity index (χ4v) is 13.0. The quantitative estimate of drug-likeness (QED) is 0.127. The number of nitrogens with zero attached hydrogens (tertiary/aromatic N) is 3. The van der Waals surface area contributed by atoms with Crippen molar-refractivity contribution in [2.45, 2.75) is 130 Å². The molecule has 0 unspecified atom stereocenters. The summed E-state index contributed by atoms with van der Waals surface area (Å²) < 4.78 is 129. The Morgan fingerprint density at radius 2 is 1.05 bits per heavy atom. The van der Waals surface area contributed by atoms with Gasteiger partial charge < -0.3 is 19.1 Å². The number of para-hydroxylation sites is 2. The molecule has 0 radical (unpaired) electrons. The first-order valence-corrected chi connectivity index (χ1v) is 31.4. The molecule has 460 valence electrons. The van der Waals surface area contributed by atoms with E-state index in [1.165, 1.54) is 11.1 Å². The van der Waals surface area contributed by atoms with Crippen molar-refractivity contribution in [3.05, 3.63) is 277 Å². The predicted octanol–water partition coefficient (Wildman–Crippen LogP) is 24.0. The van der Waals surface area contributed by atoms with Gasteiger partial charge in [-0.05, 0) is 131 Å². The number of benzene rings is 11. The molecule has 14 rings (SSSR count). The molecule has 0 atom stereocenters. The van der Waals surface area contributed by atoms with Crippen LogP contribution in [0.2, 0.25) is 0 Å². The number of hydrogen-bond acceptors (Lipinski definition) is 3. The standard InChI is InChI=1S/C87H81N3O.Pt/c1-83(2,3)64-39-35-59(36-40-64)58-31-33-61(34-32-58)72-51-65(84(4,5)6)52-73(63-37-45-75-77(50-63)87(12,13)48-47-86(75,10)11)82(72)89-56-88(79-29-20-21-30-80(79)89)66-27-22-28-68(53-66)91-69-42-44-71-74-49-62(57-23-16-14-17-24-57)38-46-78(74)90(81(71)55-69)67-41-43-70(60-25-18-15-19-26-60)76(54-67)85(7,8)9;/h14-40,42-46,49-52,54,56H,47-48H2,1-13H3;/q-4;+4/i15D,18D,19D,25D,26D,31D,32D,33D,34D,35D,36D,39D,40D;. The summed E-state index contributed by atoms with van der Waals surface area (Å²) >= 11 is 0. The van der Waals surface area contributed by atoms with Crippen LogP contribution in [0.15, 0.2) is 224 Å². The second kappa shape index (κ2) is 23.5. The molecule has 0 amide bonds. The molecule has 92 heavy (non-hydrogen) atoms. The van der Waals surface area contributed by atoms with E-state index in [4.69, 9.17) is 14.3 Å². The molecule has 0 saturated carbocycles. The van der Waals surface area contributed by atoms with Gasteiger partial charge in [0.15, 0.2) is 0 Å². The number of rotatable bonds is 10. The Morgan fingerprint density at radius 1 is 0.457 bits per heavy atom. The summed E-state index contributed by atoms with van der Waals surface area (Å²) in [6.45, 7) is 29.0. The molecule has 4 nitrogen and oxygen atoms in total. The van der Waals surface area contributed by atoms with E-state index in [1.807, 2.05) is 117 Å². The molecule has 0 bridgehead atoms. The van der Waals surface area contributed by atoms with Crippen LogP contribution in [-0.4, -0.2) is 4.57 Å².